The van der Waals surface area contributed by atoms with Gasteiger partial charge in [0.25, 0.3) is 0 Å². The highest BCUT2D eigenvalue weighted by molar-refractivity contribution is 6.15. The molecule has 0 unspecified atom stereocenters. The standard InChI is InChI=1S/C46H58N8O6/c1-9-11-13-29-23-53(51-49-29)17-15-47-21-33-39-31(35(25(3)4)45(59)41(33)55)19-27(7)37(43(39)57)38-28(8)20-32-36(26(5)6)46(60)42(56)34(40(32)44(38)58)22-48-16-18-54-24-30(50-52-54)14-12-10-2/h19-26,55-60H,9-18H2,1-8H3. The van der Waals surface area contributed by atoms with Crippen molar-refractivity contribution in [1.29, 1.82) is 0 Å². The van der Waals surface area contributed by atoms with Crippen LogP contribution in [0.1, 0.15) is 124 Å². The highest BCUT2D eigenvalue weighted by Gasteiger charge is 2.29. The Hall–Kier alpha value is -6.18. The summed E-state index contributed by atoms with van der Waals surface area (Å²) in [5.41, 5.74) is 4.73. The number of phenols is 6. The summed E-state index contributed by atoms with van der Waals surface area (Å²) in [6, 6.07) is 3.67. The van der Waals surface area contributed by atoms with Gasteiger partial charge in [0, 0.05) is 69.0 Å². The van der Waals surface area contributed by atoms with E-state index in [-0.39, 0.29) is 69.8 Å². The van der Waals surface area contributed by atoms with Gasteiger partial charge in [-0.05, 0) is 73.3 Å². The van der Waals surface area contributed by atoms with Crippen LogP contribution >= 0.6 is 0 Å². The van der Waals surface area contributed by atoms with E-state index in [0.29, 0.717) is 57.2 Å². The second-order valence-corrected chi connectivity index (χ2v) is 16.3. The van der Waals surface area contributed by atoms with Crippen molar-refractivity contribution < 1.29 is 30.6 Å². The molecule has 6 N–H and O–H groups in total. The molecule has 0 amide bonds. The Morgan fingerprint density at radius 1 is 0.583 bits per heavy atom. The van der Waals surface area contributed by atoms with Crippen LogP contribution in [0.2, 0.25) is 0 Å². The Bertz CT molecular complexity index is 2410. The third-order valence-electron chi connectivity index (χ3n) is 11.1. The number of aromatic hydroxyl groups is 6. The third kappa shape index (κ3) is 8.45. The molecular formula is C46H58N8O6. The van der Waals surface area contributed by atoms with E-state index in [1.807, 2.05) is 52.2 Å². The Balaban J connectivity index is 1.49. The topological polar surface area (TPSA) is 208 Å². The van der Waals surface area contributed by atoms with Gasteiger partial charge in [0.15, 0.2) is 23.0 Å². The largest absolute Gasteiger partial charge is 0.507 e. The van der Waals surface area contributed by atoms with Gasteiger partial charge in [0.1, 0.15) is 11.5 Å². The molecule has 2 heterocycles. The predicted molar refractivity (Wildman–Crippen MR) is 237 cm³/mol. The van der Waals surface area contributed by atoms with Crippen molar-refractivity contribution in [2.75, 3.05) is 13.1 Å². The van der Waals surface area contributed by atoms with Gasteiger partial charge >= 0.3 is 0 Å². The first-order valence-electron chi connectivity index (χ1n) is 21.0. The first-order chi connectivity index (χ1) is 28.7. The fraction of sp³-hybridized carbons (Fsp3) is 0.435. The Morgan fingerprint density at radius 2 is 0.967 bits per heavy atom. The van der Waals surface area contributed by atoms with Crippen molar-refractivity contribution in [1.82, 2.24) is 30.0 Å². The van der Waals surface area contributed by atoms with Gasteiger partial charge in [-0.15, -0.1) is 10.2 Å². The molecule has 0 bridgehead atoms. The zero-order chi connectivity index (χ0) is 43.4. The quantitative estimate of drug-likeness (QED) is 0.0381. The number of aryl methyl sites for hydroxylation is 4. The summed E-state index contributed by atoms with van der Waals surface area (Å²) < 4.78 is 3.43. The molecule has 0 spiro atoms. The average Bonchev–Trinajstić information content (AvgIpc) is 3.86. The molecular weight excluding hydrogens is 761 g/mol. The molecule has 0 aliphatic carbocycles. The molecule has 14 nitrogen and oxygen atoms in total. The van der Waals surface area contributed by atoms with Crippen molar-refractivity contribution >= 4 is 34.0 Å². The number of fused-ring (bicyclic) bond motifs is 2. The van der Waals surface area contributed by atoms with E-state index >= 15 is 0 Å². The van der Waals surface area contributed by atoms with Crippen molar-refractivity contribution in [2.24, 2.45) is 9.98 Å². The van der Waals surface area contributed by atoms with E-state index < -0.39 is 11.5 Å². The van der Waals surface area contributed by atoms with Crippen LogP contribution in [0, 0.1) is 13.8 Å². The Kier molecular flexibility index (Phi) is 13.3. The van der Waals surface area contributed by atoms with Crippen LogP contribution in [0.5, 0.6) is 34.5 Å². The number of rotatable bonds is 17. The monoisotopic (exact) mass is 818 g/mol. The lowest BCUT2D eigenvalue weighted by atomic mass is 9.83. The van der Waals surface area contributed by atoms with E-state index in [2.05, 4.69) is 44.5 Å². The number of benzene rings is 4. The van der Waals surface area contributed by atoms with Gasteiger partial charge in [0.2, 0.25) is 0 Å². The molecule has 0 aliphatic rings. The minimum Gasteiger partial charge on any atom is -0.507 e. The van der Waals surface area contributed by atoms with E-state index in [4.69, 9.17) is 0 Å². The summed E-state index contributed by atoms with van der Waals surface area (Å²) in [7, 11) is 0. The molecule has 318 valence electrons. The summed E-state index contributed by atoms with van der Waals surface area (Å²) >= 11 is 0. The zero-order valence-corrected chi connectivity index (χ0v) is 36.0. The number of hydrogen-bond acceptors (Lipinski definition) is 12. The molecule has 60 heavy (non-hydrogen) atoms. The minimum atomic E-state index is -0.425. The molecule has 0 aliphatic heterocycles. The summed E-state index contributed by atoms with van der Waals surface area (Å²) in [5, 5.41) is 89.0. The van der Waals surface area contributed by atoms with E-state index in [9.17, 15) is 30.6 Å². The number of aromatic nitrogens is 6. The second kappa shape index (κ2) is 18.4. The summed E-state index contributed by atoms with van der Waals surface area (Å²) in [4.78, 5) is 9.16. The lowest BCUT2D eigenvalue weighted by Gasteiger charge is -2.23. The first-order valence-corrected chi connectivity index (χ1v) is 21.0. The molecule has 6 rings (SSSR count). The Labute approximate surface area is 350 Å². The smallest absolute Gasteiger partial charge is 0.167 e. The molecule has 14 heteroatoms. The SMILES string of the molecule is CCCCc1cn(CCN=Cc2c(O)c(O)c(C(C)C)c3cc(C)c(-c4c(C)cc5c(C(C)C)c(O)c(O)c(C=NCCn6cc(CCCC)nn6)c5c4O)c(O)c23)nn1. The number of nitrogens with zero attached hydrogens (tertiary/aromatic N) is 8. The lowest BCUT2D eigenvalue weighted by Crippen LogP contribution is -2.03. The predicted octanol–water partition coefficient (Wildman–Crippen LogP) is 8.86. The Morgan fingerprint density at radius 3 is 1.32 bits per heavy atom. The average molecular weight is 819 g/mol. The van der Waals surface area contributed by atoms with E-state index in [0.717, 1.165) is 49.9 Å². The normalized spacial score (nSPS) is 12.2. The van der Waals surface area contributed by atoms with Crippen molar-refractivity contribution in [3.8, 4) is 45.6 Å². The second-order valence-electron chi connectivity index (χ2n) is 16.3. The number of unbranched alkanes of at least 4 members (excludes halogenated alkanes) is 2. The van der Waals surface area contributed by atoms with Crippen LogP contribution in [-0.2, 0) is 25.9 Å². The maximum Gasteiger partial charge on any atom is 0.167 e. The van der Waals surface area contributed by atoms with Crippen molar-refractivity contribution in [3.63, 3.8) is 0 Å². The summed E-state index contributed by atoms with van der Waals surface area (Å²) in [5.74, 6) is -2.38. The van der Waals surface area contributed by atoms with Crippen molar-refractivity contribution in [3.05, 3.63) is 69.3 Å². The van der Waals surface area contributed by atoms with E-state index in [1.54, 1.807) is 23.2 Å². The zero-order valence-electron chi connectivity index (χ0n) is 36.0. The maximum absolute atomic E-state index is 12.4. The number of hydrogen-bond donors (Lipinski definition) is 6. The van der Waals surface area contributed by atoms with E-state index in [1.165, 1.54) is 12.4 Å². The van der Waals surface area contributed by atoms with Crippen molar-refractivity contribution in [2.45, 2.75) is 119 Å². The molecule has 0 fully saturated rings. The maximum atomic E-state index is 12.4. The molecule has 4 aromatic carbocycles. The molecule has 0 radical (unpaired) electrons. The highest BCUT2D eigenvalue weighted by atomic mass is 16.3. The lowest BCUT2D eigenvalue weighted by molar-refractivity contribution is 0.398. The third-order valence-corrected chi connectivity index (χ3v) is 11.1. The molecule has 6 aromatic rings. The number of phenolic OH excluding ortho intramolecular Hbond substituents is 6. The van der Waals surface area contributed by atoms with Gasteiger partial charge in [-0.2, -0.15) is 0 Å². The van der Waals surface area contributed by atoms with Gasteiger partial charge in [0.05, 0.1) is 37.6 Å². The van der Waals surface area contributed by atoms with Crippen LogP contribution < -0.4 is 0 Å². The molecule has 0 saturated heterocycles. The highest BCUT2D eigenvalue weighted by Crippen LogP contribution is 2.54. The minimum absolute atomic E-state index is 0.119. The molecule has 2 aromatic heterocycles. The molecule has 0 atom stereocenters. The van der Waals surface area contributed by atoms with Crippen LogP contribution in [0.4, 0.5) is 0 Å². The van der Waals surface area contributed by atoms with Crippen LogP contribution in [0.25, 0.3) is 32.7 Å². The van der Waals surface area contributed by atoms with Gasteiger partial charge in [-0.25, -0.2) is 0 Å². The summed E-state index contributed by atoms with van der Waals surface area (Å²) in [6.07, 6.45) is 12.5. The first kappa shape index (κ1) is 43.4. The molecule has 0 saturated carbocycles. The van der Waals surface area contributed by atoms with Crippen LogP contribution in [0.15, 0.2) is 34.5 Å². The van der Waals surface area contributed by atoms with Crippen LogP contribution in [0.3, 0.4) is 0 Å². The van der Waals surface area contributed by atoms with Gasteiger partial charge in [-0.3, -0.25) is 19.3 Å². The van der Waals surface area contributed by atoms with Gasteiger partial charge in [-0.1, -0.05) is 76.9 Å². The van der Waals surface area contributed by atoms with Crippen LogP contribution in [-0.4, -0.2) is 86.1 Å². The number of aliphatic imine (C=N–C) groups is 2. The summed E-state index contributed by atoms with van der Waals surface area (Å²) in [6.45, 7) is 16.8. The fourth-order valence-corrected chi connectivity index (χ4v) is 8.10. The fourth-order valence-electron chi connectivity index (χ4n) is 8.10. The van der Waals surface area contributed by atoms with Gasteiger partial charge < -0.3 is 30.6 Å².